The number of esters is 4. The lowest BCUT2D eigenvalue weighted by atomic mass is 10.0. The molecule has 0 bridgehead atoms. The Morgan fingerprint density at radius 1 is 0.355 bits per heavy atom. The maximum Gasteiger partial charge on any atom is 0.349 e. The Balaban J connectivity index is 1.80. The Labute approximate surface area is 348 Å². The van der Waals surface area contributed by atoms with E-state index in [1.807, 2.05) is 0 Å². The Morgan fingerprint density at radius 3 is 0.790 bits per heavy atom. The average Bonchev–Trinajstić information content (AvgIpc) is 3.22. The minimum atomic E-state index is -2.79. The van der Waals surface area contributed by atoms with E-state index in [-0.39, 0.29) is 22.3 Å². The molecule has 10 N–H and O–H groups in total. The maximum absolute atomic E-state index is 13.3. The third kappa shape index (κ3) is 13.0. The van der Waals surface area contributed by atoms with Gasteiger partial charge in [0.1, 0.15) is 0 Å². The number of carbonyl (C=O) groups is 6. The molecule has 4 atom stereocenters. The Kier molecular flexibility index (Phi) is 15.2. The number of aliphatic carboxylic acids is 2. The molecule has 0 spiro atoms. The van der Waals surface area contributed by atoms with Crippen molar-refractivity contribution in [1.29, 1.82) is 0 Å². The van der Waals surface area contributed by atoms with Crippen molar-refractivity contribution in [2.75, 3.05) is 0 Å². The van der Waals surface area contributed by atoms with Crippen molar-refractivity contribution >= 4 is 60.1 Å². The van der Waals surface area contributed by atoms with Gasteiger partial charge in [0, 0.05) is 24.3 Å². The first-order valence-electron chi connectivity index (χ1n) is 17.4. The maximum atomic E-state index is 13.3. The molecule has 0 aliphatic carbocycles. The molecule has 0 saturated heterocycles. The van der Waals surface area contributed by atoms with Crippen LogP contribution in [-0.2, 0) is 47.7 Å². The zero-order valence-electron chi connectivity index (χ0n) is 31.4. The minimum absolute atomic E-state index is 0.0554. The van der Waals surface area contributed by atoms with Crippen LogP contribution in [0.15, 0.2) is 97.1 Å². The van der Waals surface area contributed by atoms with Crippen molar-refractivity contribution in [3.05, 3.63) is 119 Å². The number of benzene rings is 4. The lowest BCUT2D eigenvalue weighted by Gasteiger charge is -2.32. The number of carboxylic acids is 2. The monoisotopic (exact) mass is 858 g/mol. The molecule has 4 aromatic rings. The molecular formula is C42H34O20. The number of ether oxygens (including phenoxy) is 4. The summed E-state index contributed by atoms with van der Waals surface area (Å²) in [7, 11) is 0. The Morgan fingerprint density at radius 2 is 0.581 bits per heavy atom. The van der Waals surface area contributed by atoms with Gasteiger partial charge in [0.2, 0.25) is 12.2 Å². The van der Waals surface area contributed by atoms with Gasteiger partial charge in [-0.2, -0.15) is 0 Å². The van der Waals surface area contributed by atoms with Crippen LogP contribution in [0, 0.1) is 0 Å². The standard InChI is InChI=1S/C42H34O20/c43-25-9-1-21(17-29(25)47)5-13-33(51)59-37(39(41(55)56)61-35(53)15-7-23-3-11-27(45)31(49)19-23)38(60-34(52)14-6-22-2-10-26(44)30(48)18-22)40(42(57)58)62-36(54)16-8-24-4-12-28(46)32(50)20-24/h1-20,37-40,43-50H,(H,55,56)(H,57,58)/b13-5+,14-6+,15-7+,16-8+/t37-,38+,39-,40-/m0/s1. The summed E-state index contributed by atoms with van der Waals surface area (Å²) < 4.78 is 20.7. The normalized spacial score (nSPS) is 13.4. The number of hydrogen-bond donors (Lipinski definition) is 10. The number of phenolic OH excluding ortho intramolecular Hbond substituents is 8. The van der Waals surface area contributed by atoms with Crippen LogP contribution in [0.25, 0.3) is 24.3 Å². The topological polar surface area (TPSA) is 342 Å². The summed E-state index contributed by atoms with van der Waals surface area (Å²) in [4.78, 5) is 78.4. The average molecular weight is 859 g/mol. The molecule has 0 fully saturated rings. The highest BCUT2D eigenvalue weighted by Gasteiger charge is 2.49. The highest BCUT2D eigenvalue weighted by Crippen LogP contribution is 2.29. The van der Waals surface area contributed by atoms with Crippen LogP contribution in [-0.4, -0.2) is 111 Å². The van der Waals surface area contributed by atoms with Crippen LogP contribution in [0.1, 0.15) is 22.3 Å². The van der Waals surface area contributed by atoms with Crippen molar-refractivity contribution in [3.63, 3.8) is 0 Å². The smallest absolute Gasteiger partial charge is 0.349 e. The number of phenols is 8. The highest BCUT2D eigenvalue weighted by atomic mass is 16.6. The van der Waals surface area contributed by atoms with Gasteiger partial charge in [0.25, 0.3) is 0 Å². The van der Waals surface area contributed by atoms with Crippen molar-refractivity contribution in [3.8, 4) is 46.0 Å². The van der Waals surface area contributed by atoms with E-state index in [0.29, 0.717) is 24.3 Å². The van der Waals surface area contributed by atoms with Crippen LogP contribution in [0.2, 0.25) is 0 Å². The molecule has 0 radical (unpaired) electrons. The quantitative estimate of drug-likeness (QED) is 0.0315. The summed E-state index contributed by atoms with van der Waals surface area (Å²) in [5, 5.41) is 98.3. The Hall–Kier alpha value is -8.94. The fourth-order valence-corrected chi connectivity index (χ4v) is 5.03. The fourth-order valence-electron chi connectivity index (χ4n) is 5.03. The van der Waals surface area contributed by atoms with Crippen LogP contribution < -0.4 is 0 Å². The number of rotatable bonds is 17. The summed E-state index contributed by atoms with van der Waals surface area (Å²) in [5.74, 6) is -14.9. The highest BCUT2D eigenvalue weighted by molar-refractivity contribution is 5.92. The van der Waals surface area contributed by atoms with Gasteiger partial charge < -0.3 is 70.0 Å². The second-order valence-corrected chi connectivity index (χ2v) is 12.5. The third-order valence-electron chi connectivity index (χ3n) is 8.04. The van der Waals surface area contributed by atoms with Gasteiger partial charge in [-0.3, -0.25) is 0 Å². The number of carbonyl (C=O) groups excluding carboxylic acids is 4. The first-order chi connectivity index (χ1) is 29.3. The summed E-state index contributed by atoms with van der Waals surface area (Å²) in [5.41, 5.74) is 0.262. The van der Waals surface area contributed by atoms with Crippen LogP contribution in [0.5, 0.6) is 46.0 Å². The first-order valence-corrected chi connectivity index (χ1v) is 17.4. The minimum Gasteiger partial charge on any atom is -0.504 e. The van der Waals surface area contributed by atoms with Crippen molar-refractivity contribution < 1.29 is 98.8 Å². The van der Waals surface area contributed by atoms with E-state index < -0.39 is 106 Å². The van der Waals surface area contributed by atoms with Crippen LogP contribution in [0.4, 0.5) is 0 Å². The molecule has 62 heavy (non-hydrogen) atoms. The van der Waals surface area contributed by atoms with Crippen molar-refractivity contribution in [2.45, 2.75) is 24.4 Å². The third-order valence-corrected chi connectivity index (χ3v) is 8.04. The molecule has 0 amide bonds. The molecule has 4 rings (SSSR count). The van der Waals surface area contributed by atoms with E-state index in [9.17, 15) is 79.8 Å². The zero-order valence-corrected chi connectivity index (χ0v) is 31.4. The molecule has 0 saturated carbocycles. The van der Waals surface area contributed by atoms with Gasteiger partial charge in [0.05, 0.1) is 0 Å². The summed E-state index contributed by atoms with van der Waals surface area (Å²) in [6, 6.07) is 13.1. The molecule has 0 heterocycles. The second-order valence-electron chi connectivity index (χ2n) is 12.5. The second kappa shape index (κ2) is 20.7. The SMILES string of the molecule is O=C(/C=C/c1ccc(O)c(O)c1)O[C@H]([C@H](OC(=O)/C=C/c1ccc(O)c(O)c1)[C@H](OC(=O)/C=C/c1ccc(O)c(O)c1)C(=O)O)[C@H](OC(=O)/C=C/c1ccc(O)c(O)c1)C(=O)O. The number of carboxylic acid groups (broad SMARTS) is 2. The summed E-state index contributed by atoms with van der Waals surface area (Å²) in [6.45, 7) is 0. The van der Waals surface area contributed by atoms with Gasteiger partial charge in [-0.15, -0.1) is 0 Å². The van der Waals surface area contributed by atoms with Gasteiger partial charge >= 0.3 is 35.8 Å². The molecule has 0 aliphatic heterocycles. The van der Waals surface area contributed by atoms with Crippen LogP contribution >= 0.6 is 0 Å². The van der Waals surface area contributed by atoms with E-state index in [0.717, 1.165) is 72.8 Å². The Bertz CT molecular complexity index is 2310. The van der Waals surface area contributed by atoms with E-state index in [1.54, 1.807) is 0 Å². The van der Waals surface area contributed by atoms with E-state index in [2.05, 4.69) is 0 Å². The first kappa shape index (κ1) is 45.8. The molecule has 0 aromatic heterocycles. The zero-order chi connectivity index (χ0) is 45.7. The fraction of sp³-hybridized carbons (Fsp3) is 0.0952. The van der Waals surface area contributed by atoms with Gasteiger partial charge in [-0.05, 0) is 95.1 Å². The lowest BCUT2D eigenvalue weighted by molar-refractivity contribution is -0.203. The molecule has 0 unspecified atom stereocenters. The molecular weight excluding hydrogens is 824 g/mol. The van der Waals surface area contributed by atoms with E-state index in [4.69, 9.17) is 18.9 Å². The summed E-state index contributed by atoms with van der Waals surface area (Å²) >= 11 is 0. The van der Waals surface area contributed by atoms with Crippen molar-refractivity contribution in [1.82, 2.24) is 0 Å². The predicted molar refractivity (Wildman–Crippen MR) is 210 cm³/mol. The van der Waals surface area contributed by atoms with Gasteiger partial charge in [-0.25, -0.2) is 28.8 Å². The van der Waals surface area contributed by atoms with Gasteiger partial charge in [0.15, 0.2) is 58.2 Å². The molecule has 4 aromatic carbocycles. The molecule has 20 heteroatoms. The molecule has 0 aliphatic rings. The molecule has 20 nitrogen and oxygen atoms in total. The predicted octanol–water partition coefficient (Wildman–Crippen LogP) is 3.30. The summed E-state index contributed by atoms with van der Waals surface area (Å²) in [6.07, 6.45) is -4.60. The van der Waals surface area contributed by atoms with Crippen molar-refractivity contribution in [2.24, 2.45) is 0 Å². The number of hydrogen-bond acceptors (Lipinski definition) is 18. The molecule has 322 valence electrons. The van der Waals surface area contributed by atoms with E-state index >= 15 is 0 Å². The van der Waals surface area contributed by atoms with Gasteiger partial charge in [-0.1, -0.05) is 24.3 Å². The van der Waals surface area contributed by atoms with Crippen LogP contribution in [0.3, 0.4) is 0 Å². The van der Waals surface area contributed by atoms with E-state index in [1.165, 1.54) is 24.3 Å². The number of aromatic hydroxyl groups is 8. The lowest BCUT2D eigenvalue weighted by Crippen LogP contribution is -2.56. The largest absolute Gasteiger partial charge is 0.504 e.